The minimum Gasteiger partial charge on any atom is -0.494 e. The molecule has 0 aliphatic carbocycles. The third kappa shape index (κ3) is 4.93. The van der Waals surface area contributed by atoms with Gasteiger partial charge in [0.2, 0.25) is 11.8 Å². The summed E-state index contributed by atoms with van der Waals surface area (Å²) in [6, 6.07) is 11.3. The lowest BCUT2D eigenvalue weighted by Gasteiger charge is -2.19. The van der Waals surface area contributed by atoms with Gasteiger partial charge in [-0.05, 0) is 55.8 Å². The van der Waals surface area contributed by atoms with Crippen molar-refractivity contribution < 1.29 is 27.5 Å². The van der Waals surface area contributed by atoms with E-state index in [9.17, 15) is 22.8 Å². The summed E-state index contributed by atoms with van der Waals surface area (Å²) in [4.78, 5) is 26.6. The van der Waals surface area contributed by atoms with E-state index in [4.69, 9.17) is 4.74 Å². The van der Waals surface area contributed by atoms with Crippen LogP contribution in [0.5, 0.6) is 5.75 Å². The monoisotopic (exact) mass is 420 g/mol. The van der Waals surface area contributed by atoms with E-state index in [0.717, 1.165) is 12.1 Å². The summed E-state index contributed by atoms with van der Waals surface area (Å²) in [6.07, 6.45) is -4.40. The summed E-state index contributed by atoms with van der Waals surface area (Å²) in [7, 11) is 0. The fourth-order valence-electron chi connectivity index (χ4n) is 3.42. The highest BCUT2D eigenvalue weighted by Gasteiger charge is 2.36. The molecule has 3 rings (SSSR count). The first kappa shape index (κ1) is 21.7. The van der Waals surface area contributed by atoms with Crippen molar-refractivity contribution in [2.24, 2.45) is 5.92 Å². The average Bonchev–Trinajstić information content (AvgIpc) is 3.10. The molecule has 0 radical (unpaired) electrons. The number of anilines is 1. The maximum atomic E-state index is 12.9. The predicted molar refractivity (Wildman–Crippen MR) is 106 cm³/mol. The third-order valence-corrected chi connectivity index (χ3v) is 5.03. The number of ether oxygens (including phenoxy) is 1. The molecule has 2 unspecified atom stereocenters. The van der Waals surface area contributed by atoms with Crippen LogP contribution in [0.4, 0.5) is 18.9 Å². The normalized spacial score (nSPS) is 17.7. The van der Waals surface area contributed by atoms with Gasteiger partial charge in [0.1, 0.15) is 5.75 Å². The second-order valence-corrected chi connectivity index (χ2v) is 7.19. The molecule has 2 atom stereocenters. The van der Waals surface area contributed by atoms with E-state index in [2.05, 4.69) is 5.32 Å². The van der Waals surface area contributed by atoms with Crippen LogP contribution in [0, 0.1) is 5.92 Å². The van der Waals surface area contributed by atoms with Crippen LogP contribution in [0.25, 0.3) is 0 Å². The van der Waals surface area contributed by atoms with Gasteiger partial charge in [0, 0.05) is 18.7 Å². The second kappa shape index (κ2) is 8.77. The average molecular weight is 420 g/mol. The lowest BCUT2D eigenvalue weighted by molar-refractivity contribution is -0.137. The van der Waals surface area contributed by atoms with Crippen molar-refractivity contribution in [2.45, 2.75) is 32.5 Å². The van der Waals surface area contributed by atoms with Crippen molar-refractivity contribution in [2.75, 3.05) is 18.1 Å². The lowest BCUT2D eigenvalue weighted by atomic mass is 10.0. The summed E-state index contributed by atoms with van der Waals surface area (Å²) in [5.41, 5.74) is 0.259. The Hall–Kier alpha value is -3.03. The molecule has 2 aromatic carbocycles. The molecule has 0 spiro atoms. The van der Waals surface area contributed by atoms with E-state index in [1.165, 1.54) is 17.0 Å². The van der Waals surface area contributed by atoms with Crippen LogP contribution in [-0.4, -0.2) is 25.0 Å². The Balaban J connectivity index is 1.64. The Morgan fingerprint density at radius 2 is 1.93 bits per heavy atom. The molecule has 0 saturated carbocycles. The molecule has 1 saturated heterocycles. The zero-order valence-electron chi connectivity index (χ0n) is 16.7. The molecule has 30 heavy (non-hydrogen) atoms. The molecule has 8 heteroatoms. The van der Waals surface area contributed by atoms with Crippen LogP contribution in [0.1, 0.15) is 37.4 Å². The van der Waals surface area contributed by atoms with Gasteiger partial charge in [-0.2, -0.15) is 13.2 Å². The second-order valence-electron chi connectivity index (χ2n) is 7.19. The minimum atomic E-state index is -4.45. The number of hydrogen-bond acceptors (Lipinski definition) is 3. The molecule has 1 N–H and O–H groups in total. The highest BCUT2D eigenvalue weighted by Crippen LogP contribution is 2.31. The van der Waals surface area contributed by atoms with Crippen molar-refractivity contribution in [3.05, 3.63) is 59.7 Å². The first-order chi connectivity index (χ1) is 14.2. The standard InChI is InChI=1S/C22H23F3N2O3/c1-3-30-19-9-7-18(8-10-19)27-13-16(12-20(27)28)21(29)26-14(2)15-5-4-6-17(11-15)22(23,24)25/h4-11,14,16H,3,12-13H2,1-2H3,(H,26,29). The molecule has 2 amide bonds. The number of benzene rings is 2. The maximum Gasteiger partial charge on any atom is 0.416 e. The highest BCUT2D eigenvalue weighted by molar-refractivity contribution is 6.00. The topological polar surface area (TPSA) is 58.6 Å². The summed E-state index contributed by atoms with van der Waals surface area (Å²) >= 11 is 0. The molecule has 0 bridgehead atoms. The molecule has 1 heterocycles. The Morgan fingerprint density at radius 1 is 1.23 bits per heavy atom. The molecule has 2 aromatic rings. The molecule has 160 valence electrons. The van der Waals surface area contributed by atoms with Crippen molar-refractivity contribution >= 4 is 17.5 Å². The first-order valence-corrected chi connectivity index (χ1v) is 9.69. The number of amides is 2. The molecule has 0 aromatic heterocycles. The Morgan fingerprint density at radius 3 is 2.57 bits per heavy atom. The van der Waals surface area contributed by atoms with Crippen molar-refractivity contribution in [1.82, 2.24) is 5.32 Å². The molecule has 1 aliphatic rings. The summed E-state index contributed by atoms with van der Waals surface area (Å²) in [5.74, 6) is -0.415. The summed E-state index contributed by atoms with van der Waals surface area (Å²) in [5, 5.41) is 2.73. The number of carbonyl (C=O) groups is 2. The number of alkyl halides is 3. The zero-order valence-corrected chi connectivity index (χ0v) is 16.7. The summed E-state index contributed by atoms with van der Waals surface area (Å²) < 4.78 is 44.1. The van der Waals surface area contributed by atoms with Crippen LogP contribution in [0.15, 0.2) is 48.5 Å². The van der Waals surface area contributed by atoms with Gasteiger partial charge in [-0.25, -0.2) is 0 Å². The van der Waals surface area contributed by atoms with E-state index in [0.29, 0.717) is 23.6 Å². The number of nitrogens with zero attached hydrogens (tertiary/aromatic N) is 1. The summed E-state index contributed by atoms with van der Waals surface area (Å²) in [6.45, 7) is 4.25. The van der Waals surface area contributed by atoms with Gasteiger partial charge in [-0.3, -0.25) is 9.59 Å². The Labute approximate surface area is 172 Å². The molecule has 1 aliphatic heterocycles. The highest BCUT2D eigenvalue weighted by atomic mass is 19.4. The van der Waals surface area contributed by atoms with Gasteiger partial charge in [-0.1, -0.05) is 12.1 Å². The largest absolute Gasteiger partial charge is 0.494 e. The number of rotatable bonds is 6. The van der Waals surface area contributed by atoms with Crippen molar-refractivity contribution in [3.8, 4) is 5.75 Å². The fraction of sp³-hybridized carbons (Fsp3) is 0.364. The number of nitrogens with one attached hydrogen (secondary N) is 1. The number of halogens is 3. The molecule has 1 fully saturated rings. The minimum absolute atomic E-state index is 0.0500. The van der Waals surface area contributed by atoms with Gasteiger partial charge < -0.3 is 15.0 Å². The van der Waals surface area contributed by atoms with E-state index < -0.39 is 23.7 Å². The smallest absolute Gasteiger partial charge is 0.416 e. The van der Waals surface area contributed by atoms with Crippen LogP contribution in [0.2, 0.25) is 0 Å². The van der Waals surface area contributed by atoms with Crippen LogP contribution in [-0.2, 0) is 15.8 Å². The van der Waals surface area contributed by atoms with E-state index in [1.807, 2.05) is 6.92 Å². The first-order valence-electron chi connectivity index (χ1n) is 9.69. The van der Waals surface area contributed by atoms with E-state index in [-0.39, 0.29) is 24.8 Å². The van der Waals surface area contributed by atoms with E-state index >= 15 is 0 Å². The van der Waals surface area contributed by atoms with Crippen molar-refractivity contribution in [1.29, 1.82) is 0 Å². The van der Waals surface area contributed by atoms with Gasteiger partial charge in [0.25, 0.3) is 0 Å². The van der Waals surface area contributed by atoms with Gasteiger partial charge in [-0.15, -0.1) is 0 Å². The predicted octanol–water partition coefficient (Wildman–Crippen LogP) is 4.33. The lowest BCUT2D eigenvalue weighted by Crippen LogP contribution is -2.34. The van der Waals surface area contributed by atoms with Crippen molar-refractivity contribution in [3.63, 3.8) is 0 Å². The fourth-order valence-corrected chi connectivity index (χ4v) is 3.42. The van der Waals surface area contributed by atoms with E-state index in [1.54, 1.807) is 31.2 Å². The van der Waals surface area contributed by atoms with Crippen LogP contribution >= 0.6 is 0 Å². The number of hydrogen-bond donors (Lipinski definition) is 1. The Bertz CT molecular complexity index is 913. The molecular formula is C22H23F3N2O3. The van der Waals surface area contributed by atoms with Gasteiger partial charge in [0.05, 0.1) is 24.1 Å². The molecule has 5 nitrogen and oxygen atoms in total. The quantitative estimate of drug-likeness (QED) is 0.757. The number of carbonyl (C=O) groups excluding carboxylic acids is 2. The maximum absolute atomic E-state index is 12.9. The Kier molecular flexibility index (Phi) is 6.34. The van der Waals surface area contributed by atoms with Gasteiger partial charge >= 0.3 is 6.18 Å². The zero-order chi connectivity index (χ0) is 21.9. The van der Waals surface area contributed by atoms with Crippen LogP contribution < -0.4 is 15.0 Å². The SMILES string of the molecule is CCOc1ccc(N2CC(C(=O)NC(C)c3cccc(C(F)(F)F)c3)CC2=O)cc1. The van der Waals surface area contributed by atoms with Crippen LogP contribution in [0.3, 0.4) is 0 Å². The third-order valence-electron chi connectivity index (χ3n) is 5.03. The molecular weight excluding hydrogens is 397 g/mol. The van der Waals surface area contributed by atoms with Gasteiger partial charge in [0.15, 0.2) is 0 Å².